The monoisotopic (exact) mass is 911 g/mol. The molecule has 4 atom stereocenters. The fourth-order valence-electron chi connectivity index (χ4n) is 10.2. The molecule has 0 saturated carbocycles. The van der Waals surface area contributed by atoms with Crippen molar-refractivity contribution < 1.29 is 20.1 Å². The maximum Gasteiger partial charge on any atom is 0.262 e. The number of hydrogen-bond acceptors (Lipinski definition) is 4. The first kappa shape index (κ1) is 56.1. The fourth-order valence-corrected chi connectivity index (χ4v) is 14.8. The van der Waals surface area contributed by atoms with Crippen molar-refractivity contribution in [1.82, 2.24) is 0 Å². The first-order valence-corrected chi connectivity index (χ1v) is 27.9. The van der Waals surface area contributed by atoms with Crippen LogP contribution < -0.4 is 4.74 Å². The zero-order valence-electron chi connectivity index (χ0n) is 41.6. The molecule has 3 aliphatic rings. The summed E-state index contributed by atoms with van der Waals surface area (Å²) in [7, 11) is 0. The molecule has 3 N–H and O–H groups in total. The molecule has 350 valence electrons. The highest BCUT2D eigenvalue weighted by Gasteiger charge is 2.45. The van der Waals surface area contributed by atoms with E-state index in [1.54, 1.807) is 15.8 Å². The lowest BCUT2D eigenvalue weighted by Crippen LogP contribution is -2.45. The number of aromatic hydroxyl groups is 3. The van der Waals surface area contributed by atoms with E-state index in [0.717, 1.165) is 85.1 Å². The van der Waals surface area contributed by atoms with Gasteiger partial charge in [-0.1, -0.05) is 150 Å². The fraction of sp³-hybridized carbons (Fsp3) is 0.673. The summed E-state index contributed by atoms with van der Waals surface area (Å²) in [6.45, 7) is 33.5. The van der Waals surface area contributed by atoms with Crippen molar-refractivity contribution in [3.8, 4) is 23.0 Å². The summed E-state index contributed by atoms with van der Waals surface area (Å²) >= 11 is 9.12. The minimum atomic E-state index is -0.407. The summed E-state index contributed by atoms with van der Waals surface area (Å²) in [5, 5.41) is 36.6. The van der Waals surface area contributed by atoms with E-state index in [2.05, 4.69) is 108 Å². The van der Waals surface area contributed by atoms with Crippen LogP contribution in [0.15, 0.2) is 59.7 Å². The Bertz CT molecular complexity index is 1660. The van der Waals surface area contributed by atoms with E-state index < -0.39 is 14.1 Å². The molecule has 5 rings (SSSR count). The van der Waals surface area contributed by atoms with Gasteiger partial charge >= 0.3 is 0 Å². The molecule has 0 aromatic heterocycles. The second-order valence-corrected chi connectivity index (χ2v) is 24.7. The van der Waals surface area contributed by atoms with Gasteiger partial charge in [-0.3, -0.25) is 0 Å². The van der Waals surface area contributed by atoms with E-state index in [-0.39, 0.29) is 40.2 Å². The van der Waals surface area contributed by atoms with Crippen LogP contribution in [-0.4, -0.2) is 40.4 Å². The number of unbranched alkanes of at least 4 members (excludes halogenated alkanes) is 4. The minimum absolute atomic E-state index is 0.0194. The van der Waals surface area contributed by atoms with E-state index in [1.165, 1.54) is 48.8 Å². The van der Waals surface area contributed by atoms with Crippen LogP contribution in [0.2, 0.25) is 15.8 Å². The van der Waals surface area contributed by atoms with E-state index in [4.69, 9.17) is 27.9 Å². The first-order valence-electron chi connectivity index (χ1n) is 24.4. The van der Waals surface area contributed by atoms with Crippen molar-refractivity contribution in [3.05, 3.63) is 82.0 Å². The van der Waals surface area contributed by atoms with Crippen molar-refractivity contribution in [2.24, 2.45) is 29.6 Å². The third-order valence-corrected chi connectivity index (χ3v) is 17.8. The molecular weight excluding hydrogens is 822 g/mol. The Labute approximate surface area is 395 Å². The number of benzene rings is 2. The van der Waals surface area contributed by atoms with E-state index in [1.807, 2.05) is 25.1 Å². The normalized spacial score (nSPS) is 19.9. The lowest BCUT2D eigenvalue weighted by atomic mass is 9.68. The third-order valence-electron chi connectivity index (χ3n) is 13.0. The van der Waals surface area contributed by atoms with Crippen molar-refractivity contribution in [2.75, 3.05) is 5.34 Å². The van der Waals surface area contributed by atoms with Crippen LogP contribution >= 0.6 is 23.2 Å². The zero-order valence-corrected chi connectivity index (χ0v) is 44.3. The van der Waals surface area contributed by atoms with Crippen LogP contribution in [0.3, 0.4) is 0 Å². The van der Waals surface area contributed by atoms with E-state index >= 15 is 0 Å². The number of halogens is 2. The predicted octanol–water partition coefficient (Wildman–Crippen LogP) is 17.5. The second kappa shape index (κ2) is 28.1. The highest BCUT2D eigenvalue weighted by atomic mass is 35.5. The van der Waals surface area contributed by atoms with Gasteiger partial charge in [0.2, 0.25) is 0 Å². The Hall–Kier alpha value is -2.03. The predicted molar refractivity (Wildman–Crippen MR) is 274 cm³/mol. The molecule has 62 heavy (non-hydrogen) atoms. The molecular formula is C55H89AlCl2O4. The summed E-state index contributed by atoms with van der Waals surface area (Å²) in [5.74, 6) is 5.56. The Morgan fingerprint density at radius 3 is 1.56 bits per heavy atom. The standard InChI is InChI=1S/2C21H30O2.3C4H9.CH2Cl2.Al/c1-5-6-7-8-15-12-18(22)20-16-11-14(2)9-10-17(16)21(3,4)23-19(20)13-15;1-5-6-7-8-16-12-19(22)21(20(23)13-16)18-11-15(4)9-10-17(18)14(2)3;3*1-4(2)3;2-1-3;/h11-13,16-17,22H,5-10H2,1-4H3;11-13,17-18,22-23H,2,5-10H2,1,3-4H3;3*4H,1H2,2-3H3;1H2;/t16-,17-;17-,18-;;;;;/m01...../s1. The van der Waals surface area contributed by atoms with Gasteiger partial charge in [0.05, 0.1) is 5.34 Å². The van der Waals surface area contributed by atoms with Gasteiger partial charge < -0.3 is 20.1 Å². The Balaban J connectivity index is 0.000000322. The topological polar surface area (TPSA) is 69.9 Å². The average Bonchev–Trinajstić information content (AvgIpc) is 3.14. The first-order chi connectivity index (χ1) is 29.2. The highest BCUT2D eigenvalue weighted by molar-refractivity contribution is 6.58. The molecule has 2 aliphatic carbocycles. The van der Waals surface area contributed by atoms with Gasteiger partial charge in [0.15, 0.2) is 0 Å². The summed E-state index contributed by atoms with van der Waals surface area (Å²) < 4.78 is 6.36. The number of aryl methyl sites for hydroxylation is 2. The van der Waals surface area contributed by atoms with Crippen molar-refractivity contribution >= 4 is 37.4 Å². The van der Waals surface area contributed by atoms with Gasteiger partial charge in [0.25, 0.3) is 14.1 Å². The van der Waals surface area contributed by atoms with Crippen molar-refractivity contribution in [2.45, 2.75) is 200 Å². The number of hydrogen-bond donors (Lipinski definition) is 3. The summed E-state index contributed by atoms with van der Waals surface area (Å²) in [5.41, 5.74) is 7.57. The number of phenols is 3. The summed E-state index contributed by atoms with van der Waals surface area (Å²) in [6.07, 6.45) is 17.9. The molecule has 1 aliphatic heterocycles. The molecule has 1 heterocycles. The zero-order chi connectivity index (χ0) is 46.7. The number of phenolic OH excluding ortho intramolecular Hbond substituents is 3. The third kappa shape index (κ3) is 18.5. The molecule has 0 spiro atoms. The number of rotatable bonds is 16. The Morgan fingerprint density at radius 2 is 1.13 bits per heavy atom. The molecule has 0 amide bonds. The van der Waals surface area contributed by atoms with Crippen molar-refractivity contribution in [3.63, 3.8) is 0 Å². The number of alkyl halides is 2. The number of allylic oxidation sites excluding steroid dienone is 5. The van der Waals surface area contributed by atoms with Gasteiger partial charge in [0, 0.05) is 28.9 Å². The van der Waals surface area contributed by atoms with Gasteiger partial charge in [-0.25, -0.2) is 0 Å². The molecule has 0 saturated heterocycles. The summed E-state index contributed by atoms with van der Waals surface area (Å²) in [6, 6.07) is 7.79. The molecule has 4 nitrogen and oxygen atoms in total. The quantitative estimate of drug-likeness (QED) is 0.0679. The smallest absolute Gasteiger partial charge is 0.262 e. The van der Waals surface area contributed by atoms with Crippen LogP contribution in [0.1, 0.15) is 188 Å². The van der Waals surface area contributed by atoms with Gasteiger partial charge in [0.1, 0.15) is 28.6 Å². The molecule has 0 bridgehead atoms. The van der Waals surface area contributed by atoms with E-state index in [0.29, 0.717) is 17.2 Å². The molecule has 7 heteroatoms. The second-order valence-electron chi connectivity index (χ2n) is 20.8. The Morgan fingerprint density at radius 1 is 0.710 bits per heavy atom. The highest BCUT2D eigenvalue weighted by Crippen LogP contribution is 2.53. The SMILES string of the molecule is C=C(C)[C@H]1CCC(C)=C[C@H]1c1c(O)cc(CCCCC)cc1O.CC(C)[CH2][Al]([CH2]C(C)C)[CH2]C(C)C.CCCCCc1cc(O)c2c(c1)OC(C)(C)[C@H]1CCC(C)=C[C@H]21.ClCCl. The minimum Gasteiger partial charge on any atom is -0.507 e. The maximum atomic E-state index is 10.7. The van der Waals surface area contributed by atoms with Crippen LogP contribution in [0, 0.1) is 29.6 Å². The Kier molecular flexibility index (Phi) is 25.4. The lowest BCUT2D eigenvalue weighted by molar-refractivity contribution is 0.0107. The van der Waals surface area contributed by atoms with Crippen LogP contribution in [0.4, 0.5) is 0 Å². The van der Waals surface area contributed by atoms with Crippen LogP contribution in [-0.2, 0) is 12.8 Å². The number of ether oxygens (including phenoxy) is 1. The molecule has 0 radical (unpaired) electrons. The van der Waals surface area contributed by atoms with Gasteiger partial charge in [-0.2, -0.15) is 0 Å². The van der Waals surface area contributed by atoms with Crippen molar-refractivity contribution in [1.29, 1.82) is 0 Å². The van der Waals surface area contributed by atoms with Gasteiger partial charge in [-0.15, -0.1) is 23.2 Å². The maximum absolute atomic E-state index is 10.7. The van der Waals surface area contributed by atoms with E-state index in [9.17, 15) is 15.3 Å². The van der Waals surface area contributed by atoms with Crippen LogP contribution in [0.5, 0.6) is 23.0 Å². The molecule has 0 unspecified atom stereocenters. The largest absolute Gasteiger partial charge is 0.507 e. The molecule has 0 fully saturated rings. The molecule has 2 aromatic carbocycles. The average molecular weight is 912 g/mol. The summed E-state index contributed by atoms with van der Waals surface area (Å²) in [4.78, 5) is 0. The molecule has 2 aromatic rings. The van der Waals surface area contributed by atoms with Gasteiger partial charge in [-0.05, 0) is 127 Å². The van der Waals surface area contributed by atoms with Crippen LogP contribution in [0.25, 0.3) is 0 Å². The lowest BCUT2D eigenvalue weighted by Gasteiger charge is -2.46. The number of fused-ring (bicyclic) bond motifs is 3.